The number of carbonyl (C=O) groups excluding carboxylic acids is 2. The smallest absolute Gasteiger partial charge is 0.262 e. The highest BCUT2D eigenvalue weighted by Gasteiger charge is 2.46. The number of amides is 2. The molecule has 2 amide bonds. The predicted octanol–water partition coefficient (Wildman–Crippen LogP) is 8.63. The first-order valence-corrected chi connectivity index (χ1v) is 14.5. The SMILES string of the molecule is C=Cc1ccc(CC(C)(CC)CC2CCCCC(C)(N3C(=O)c4ccccc4C3=O)Cc3ccc2cc3)cc1. The van der Waals surface area contributed by atoms with Gasteiger partial charge in [0.2, 0.25) is 0 Å². The fourth-order valence-electron chi connectivity index (χ4n) is 6.79. The molecular weight excluding hydrogens is 478 g/mol. The number of carbonyl (C=O) groups is 2. The van der Waals surface area contributed by atoms with Crippen LogP contribution in [0.2, 0.25) is 0 Å². The average Bonchev–Trinajstić information content (AvgIpc) is 3.19. The highest BCUT2D eigenvalue weighted by atomic mass is 16.2. The molecule has 202 valence electrons. The molecule has 0 saturated heterocycles. The Morgan fingerprint density at radius 1 is 0.949 bits per heavy atom. The highest BCUT2D eigenvalue weighted by molar-refractivity contribution is 6.21. The van der Waals surface area contributed by atoms with Crippen LogP contribution in [0.1, 0.15) is 108 Å². The normalized spacial score (nSPS) is 22.7. The zero-order valence-corrected chi connectivity index (χ0v) is 23.7. The lowest BCUT2D eigenvalue weighted by molar-refractivity contribution is 0.0428. The first-order chi connectivity index (χ1) is 18.7. The lowest BCUT2D eigenvalue weighted by atomic mass is 9.71. The van der Waals surface area contributed by atoms with Gasteiger partial charge < -0.3 is 0 Å². The van der Waals surface area contributed by atoms with Gasteiger partial charge in [0.05, 0.1) is 16.7 Å². The monoisotopic (exact) mass is 519 g/mol. The predicted molar refractivity (Wildman–Crippen MR) is 160 cm³/mol. The molecular formula is C36H41NO2. The lowest BCUT2D eigenvalue weighted by Gasteiger charge is -2.38. The molecule has 0 N–H and O–H groups in total. The van der Waals surface area contributed by atoms with Gasteiger partial charge in [-0.2, -0.15) is 0 Å². The molecule has 3 aromatic rings. The van der Waals surface area contributed by atoms with Crippen LogP contribution in [0, 0.1) is 5.41 Å². The molecule has 1 aliphatic heterocycles. The molecule has 1 heterocycles. The van der Waals surface area contributed by atoms with Crippen LogP contribution in [-0.4, -0.2) is 22.3 Å². The number of hydrogen-bond acceptors (Lipinski definition) is 2. The molecule has 0 fully saturated rings. The Balaban J connectivity index is 1.35. The van der Waals surface area contributed by atoms with Gasteiger partial charge in [0.1, 0.15) is 0 Å². The lowest BCUT2D eigenvalue weighted by Crippen LogP contribution is -2.51. The number of fused-ring (bicyclic) bond motifs is 9. The summed E-state index contributed by atoms with van der Waals surface area (Å²) in [5, 5.41) is 0. The van der Waals surface area contributed by atoms with Crippen molar-refractivity contribution in [1.29, 1.82) is 0 Å². The van der Waals surface area contributed by atoms with E-state index in [2.05, 4.69) is 75.9 Å². The molecule has 3 aromatic carbocycles. The minimum atomic E-state index is -0.552. The summed E-state index contributed by atoms with van der Waals surface area (Å²) in [7, 11) is 0. The molecule has 3 heteroatoms. The van der Waals surface area contributed by atoms with E-state index in [1.165, 1.54) is 16.7 Å². The molecule has 3 atom stereocenters. The zero-order chi connectivity index (χ0) is 27.6. The van der Waals surface area contributed by atoms with E-state index in [1.54, 1.807) is 17.0 Å². The van der Waals surface area contributed by atoms with E-state index in [0.717, 1.165) is 50.5 Å². The third-order valence-corrected chi connectivity index (χ3v) is 9.33. The zero-order valence-electron chi connectivity index (χ0n) is 23.7. The second-order valence-electron chi connectivity index (χ2n) is 12.3. The Morgan fingerprint density at radius 2 is 1.59 bits per heavy atom. The maximum Gasteiger partial charge on any atom is 0.262 e. The van der Waals surface area contributed by atoms with Crippen LogP contribution in [0.5, 0.6) is 0 Å². The van der Waals surface area contributed by atoms with Gasteiger partial charge in [0.15, 0.2) is 0 Å². The van der Waals surface area contributed by atoms with E-state index in [-0.39, 0.29) is 17.2 Å². The largest absolute Gasteiger partial charge is 0.269 e. The van der Waals surface area contributed by atoms with Crippen LogP contribution in [-0.2, 0) is 12.8 Å². The summed E-state index contributed by atoms with van der Waals surface area (Å²) in [4.78, 5) is 28.4. The van der Waals surface area contributed by atoms with Gasteiger partial charge in [0, 0.05) is 0 Å². The molecule has 3 unspecified atom stereocenters. The quantitative estimate of drug-likeness (QED) is 0.293. The number of imide groups is 1. The summed E-state index contributed by atoms with van der Waals surface area (Å²) in [6.45, 7) is 10.7. The molecule has 2 bridgehead atoms. The maximum atomic E-state index is 13.4. The summed E-state index contributed by atoms with van der Waals surface area (Å²) >= 11 is 0. The van der Waals surface area contributed by atoms with Crippen molar-refractivity contribution in [2.45, 2.75) is 83.6 Å². The van der Waals surface area contributed by atoms with Crippen molar-refractivity contribution in [3.05, 3.63) is 113 Å². The summed E-state index contributed by atoms with van der Waals surface area (Å²) < 4.78 is 0. The van der Waals surface area contributed by atoms with Crippen LogP contribution >= 0.6 is 0 Å². The Labute approximate surface area is 233 Å². The first kappa shape index (κ1) is 27.1. The van der Waals surface area contributed by atoms with Crippen molar-refractivity contribution in [2.75, 3.05) is 0 Å². The standard InChI is InChI=1S/C36H41NO2/c1-5-26-14-16-27(17-15-26)23-35(3,6-2)25-30-11-9-10-22-36(4,24-28-18-20-29(30)21-19-28)37-33(38)31-12-7-8-13-32(31)34(37)39/h5,7-8,12-21,30H,1,6,9-11,22-25H2,2-4H3. The van der Waals surface area contributed by atoms with Gasteiger partial charge in [0.25, 0.3) is 11.8 Å². The van der Waals surface area contributed by atoms with Gasteiger partial charge in [-0.3, -0.25) is 14.5 Å². The second kappa shape index (κ2) is 11.0. The third-order valence-electron chi connectivity index (χ3n) is 9.33. The fraction of sp³-hybridized carbons (Fsp3) is 0.389. The summed E-state index contributed by atoms with van der Waals surface area (Å²) in [6, 6.07) is 25.1. The molecule has 39 heavy (non-hydrogen) atoms. The fourth-order valence-corrected chi connectivity index (χ4v) is 6.79. The van der Waals surface area contributed by atoms with Crippen LogP contribution in [0.3, 0.4) is 0 Å². The number of nitrogens with zero attached hydrogens (tertiary/aromatic N) is 1. The molecule has 3 nitrogen and oxygen atoms in total. The molecule has 3 aliphatic rings. The number of hydrogen-bond donors (Lipinski definition) is 0. The van der Waals surface area contributed by atoms with Gasteiger partial charge in [-0.1, -0.05) is 106 Å². The van der Waals surface area contributed by atoms with Crippen molar-refractivity contribution in [1.82, 2.24) is 4.90 Å². The summed E-state index contributed by atoms with van der Waals surface area (Å²) in [5.41, 5.74) is 5.85. The average molecular weight is 520 g/mol. The first-order valence-electron chi connectivity index (χ1n) is 14.5. The Bertz CT molecular complexity index is 1320. The minimum absolute atomic E-state index is 0.151. The number of rotatable bonds is 7. The summed E-state index contributed by atoms with van der Waals surface area (Å²) in [5.74, 6) is 0.185. The van der Waals surface area contributed by atoms with Crippen molar-refractivity contribution in [2.24, 2.45) is 5.41 Å². The van der Waals surface area contributed by atoms with Crippen LogP contribution < -0.4 is 0 Å². The highest BCUT2D eigenvalue weighted by Crippen LogP contribution is 2.42. The van der Waals surface area contributed by atoms with E-state index in [4.69, 9.17) is 0 Å². The van der Waals surface area contributed by atoms with E-state index in [9.17, 15) is 9.59 Å². The molecule has 6 rings (SSSR count). The van der Waals surface area contributed by atoms with Gasteiger partial charge in [-0.25, -0.2) is 0 Å². The summed E-state index contributed by atoms with van der Waals surface area (Å²) in [6.07, 6.45) is 9.91. The second-order valence-corrected chi connectivity index (χ2v) is 12.3. The van der Waals surface area contributed by atoms with E-state index in [1.807, 2.05) is 18.2 Å². The van der Waals surface area contributed by atoms with Crippen LogP contribution in [0.4, 0.5) is 0 Å². The van der Waals surface area contributed by atoms with Gasteiger partial charge in [-0.05, 0) is 84.7 Å². The molecule has 0 saturated carbocycles. The van der Waals surface area contributed by atoms with Crippen molar-refractivity contribution in [3.63, 3.8) is 0 Å². The van der Waals surface area contributed by atoms with E-state index >= 15 is 0 Å². The van der Waals surface area contributed by atoms with Crippen LogP contribution in [0.15, 0.2) is 79.4 Å². The van der Waals surface area contributed by atoms with Crippen LogP contribution in [0.25, 0.3) is 6.08 Å². The van der Waals surface area contributed by atoms with Gasteiger partial charge in [-0.15, -0.1) is 0 Å². The Morgan fingerprint density at radius 3 is 2.18 bits per heavy atom. The van der Waals surface area contributed by atoms with E-state index < -0.39 is 5.54 Å². The van der Waals surface area contributed by atoms with Crippen molar-refractivity contribution >= 4 is 17.9 Å². The molecule has 0 spiro atoms. The van der Waals surface area contributed by atoms with E-state index in [0.29, 0.717) is 23.5 Å². The van der Waals surface area contributed by atoms with Crippen molar-refractivity contribution < 1.29 is 9.59 Å². The topological polar surface area (TPSA) is 37.4 Å². The Hall–Kier alpha value is -3.46. The maximum absolute atomic E-state index is 13.4. The Kier molecular flexibility index (Phi) is 7.62. The molecule has 2 aliphatic carbocycles. The number of benzene rings is 3. The van der Waals surface area contributed by atoms with Crippen molar-refractivity contribution in [3.8, 4) is 0 Å². The molecule has 0 aromatic heterocycles. The third kappa shape index (κ3) is 5.50. The van der Waals surface area contributed by atoms with Gasteiger partial charge >= 0.3 is 0 Å². The molecule has 0 radical (unpaired) electrons. The minimum Gasteiger partial charge on any atom is -0.269 e.